The Morgan fingerprint density at radius 3 is 2.62 bits per heavy atom. The Labute approximate surface area is 148 Å². The van der Waals surface area contributed by atoms with E-state index in [1.54, 1.807) is 0 Å². The monoisotopic (exact) mass is 337 g/mol. The van der Waals surface area contributed by atoms with Crippen LogP contribution >= 0.6 is 0 Å². The molecule has 2 N–H and O–H groups in total. The molecule has 2 rings (SSSR count). The van der Waals surface area contributed by atoms with Gasteiger partial charge in [0, 0.05) is 24.7 Å². The van der Waals surface area contributed by atoms with E-state index in [-0.39, 0.29) is 30.1 Å². The SMILES string of the molecule is CC(C)C(C)(C)OBCCCC1C(CO)CNC1C(=O)C1CCC1. The standard InChI is InChI=1S/C19H36BNO3/c1-13(2)19(3,4)24-20-10-6-9-16-15(12-22)11-21-17(16)18(23)14-7-5-8-14/h13-17,20-22H,5-12H2,1-4H3. The van der Waals surface area contributed by atoms with Crippen molar-refractivity contribution in [2.75, 3.05) is 13.2 Å². The fraction of sp³-hybridized carbons (Fsp3) is 0.947. The number of aliphatic hydroxyl groups is 1. The van der Waals surface area contributed by atoms with Crippen molar-refractivity contribution in [1.29, 1.82) is 0 Å². The lowest BCUT2D eigenvalue weighted by molar-refractivity contribution is -0.128. The molecule has 0 amide bonds. The second-order valence-corrected chi connectivity index (χ2v) is 8.63. The molecule has 3 atom stereocenters. The molecule has 5 heteroatoms. The number of nitrogens with one attached hydrogen (secondary N) is 1. The van der Waals surface area contributed by atoms with Crippen LogP contribution in [-0.2, 0) is 9.45 Å². The lowest BCUT2D eigenvalue weighted by Gasteiger charge is -2.31. The number of carbonyl (C=O) groups is 1. The minimum atomic E-state index is -0.0781. The molecule has 138 valence electrons. The number of ketones is 1. The zero-order valence-electron chi connectivity index (χ0n) is 16.0. The number of carbonyl (C=O) groups excluding carboxylic acids is 1. The Hall–Kier alpha value is -0.385. The zero-order valence-corrected chi connectivity index (χ0v) is 16.0. The van der Waals surface area contributed by atoms with Gasteiger partial charge in [-0.25, -0.2) is 0 Å². The van der Waals surface area contributed by atoms with Gasteiger partial charge in [0.05, 0.1) is 6.04 Å². The van der Waals surface area contributed by atoms with Gasteiger partial charge in [-0.3, -0.25) is 4.79 Å². The average molecular weight is 337 g/mol. The van der Waals surface area contributed by atoms with E-state index in [4.69, 9.17) is 4.65 Å². The molecule has 0 bridgehead atoms. The molecule has 0 spiro atoms. The number of hydrogen-bond donors (Lipinski definition) is 2. The first kappa shape index (κ1) is 19.9. The Kier molecular flexibility index (Phi) is 7.32. The molecule has 1 aliphatic heterocycles. The Bertz CT molecular complexity index is 409. The third-order valence-corrected chi connectivity index (χ3v) is 6.48. The highest BCUT2D eigenvalue weighted by molar-refractivity contribution is 6.27. The summed E-state index contributed by atoms with van der Waals surface area (Å²) < 4.78 is 6.02. The average Bonchev–Trinajstić information content (AvgIpc) is 2.87. The van der Waals surface area contributed by atoms with E-state index in [2.05, 4.69) is 33.0 Å². The molecule has 3 unspecified atom stereocenters. The number of rotatable bonds is 10. The summed E-state index contributed by atoms with van der Waals surface area (Å²) in [5.41, 5.74) is -0.0781. The quantitative estimate of drug-likeness (QED) is 0.475. The smallest absolute Gasteiger partial charge is 0.275 e. The topological polar surface area (TPSA) is 58.6 Å². The van der Waals surface area contributed by atoms with Gasteiger partial charge in [-0.05, 0) is 50.9 Å². The van der Waals surface area contributed by atoms with Crippen molar-refractivity contribution in [1.82, 2.24) is 5.32 Å². The Morgan fingerprint density at radius 1 is 1.38 bits per heavy atom. The lowest BCUT2D eigenvalue weighted by atomic mass is 9.74. The second kappa shape index (κ2) is 8.82. The van der Waals surface area contributed by atoms with E-state index in [1.807, 2.05) is 0 Å². The summed E-state index contributed by atoms with van der Waals surface area (Å²) in [5.74, 6) is 1.70. The maximum absolute atomic E-state index is 12.6. The molecule has 1 aliphatic carbocycles. The molecular weight excluding hydrogens is 301 g/mol. The van der Waals surface area contributed by atoms with Gasteiger partial charge >= 0.3 is 0 Å². The summed E-state index contributed by atoms with van der Waals surface area (Å²) in [7, 11) is 0.774. The molecule has 0 aromatic rings. The first-order valence-corrected chi connectivity index (χ1v) is 9.88. The number of hydrogen-bond acceptors (Lipinski definition) is 4. The van der Waals surface area contributed by atoms with Crippen molar-refractivity contribution in [3.8, 4) is 0 Å². The molecule has 0 radical (unpaired) electrons. The molecule has 2 fully saturated rings. The summed E-state index contributed by atoms with van der Waals surface area (Å²) in [5, 5.41) is 13.0. The van der Waals surface area contributed by atoms with E-state index in [0.29, 0.717) is 17.6 Å². The molecule has 2 aliphatic rings. The minimum absolute atomic E-state index is 0.0273. The van der Waals surface area contributed by atoms with Crippen LogP contribution in [0.4, 0.5) is 0 Å². The van der Waals surface area contributed by atoms with Gasteiger partial charge in [0.1, 0.15) is 0 Å². The van der Waals surface area contributed by atoms with E-state index >= 15 is 0 Å². The Morgan fingerprint density at radius 2 is 2.08 bits per heavy atom. The van der Waals surface area contributed by atoms with Crippen LogP contribution in [0.15, 0.2) is 0 Å². The van der Waals surface area contributed by atoms with Gasteiger partial charge in [-0.15, -0.1) is 0 Å². The molecule has 1 saturated carbocycles. The minimum Gasteiger partial charge on any atom is -0.435 e. The molecular formula is C19H36BNO3. The van der Waals surface area contributed by atoms with Gasteiger partial charge < -0.3 is 15.1 Å². The van der Waals surface area contributed by atoms with Crippen molar-refractivity contribution in [2.24, 2.45) is 23.7 Å². The molecule has 4 nitrogen and oxygen atoms in total. The summed E-state index contributed by atoms with van der Waals surface area (Å²) in [6.45, 7) is 9.63. The third-order valence-electron chi connectivity index (χ3n) is 6.48. The zero-order chi connectivity index (χ0) is 17.7. The van der Waals surface area contributed by atoms with Gasteiger partial charge in [0.15, 0.2) is 5.78 Å². The first-order valence-electron chi connectivity index (χ1n) is 9.88. The highest BCUT2D eigenvalue weighted by atomic mass is 16.5. The van der Waals surface area contributed by atoms with Gasteiger partial charge in [0.25, 0.3) is 7.48 Å². The summed E-state index contributed by atoms with van der Waals surface area (Å²) in [6, 6.07) is -0.0273. The summed E-state index contributed by atoms with van der Waals surface area (Å²) in [4.78, 5) is 12.6. The largest absolute Gasteiger partial charge is 0.435 e. The van der Waals surface area contributed by atoms with E-state index in [0.717, 1.165) is 46.0 Å². The number of aliphatic hydroxyl groups excluding tert-OH is 1. The van der Waals surface area contributed by atoms with Crippen molar-refractivity contribution in [3.63, 3.8) is 0 Å². The molecule has 1 saturated heterocycles. The summed E-state index contributed by atoms with van der Waals surface area (Å²) >= 11 is 0. The summed E-state index contributed by atoms with van der Waals surface area (Å²) in [6.07, 6.45) is 6.41. The lowest BCUT2D eigenvalue weighted by Crippen LogP contribution is -2.42. The Balaban J connectivity index is 1.76. The fourth-order valence-electron chi connectivity index (χ4n) is 3.70. The first-order chi connectivity index (χ1) is 11.4. The van der Waals surface area contributed by atoms with E-state index < -0.39 is 0 Å². The highest BCUT2D eigenvalue weighted by Crippen LogP contribution is 2.35. The molecule has 0 aromatic heterocycles. The van der Waals surface area contributed by atoms with E-state index in [1.165, 1.54) is 6.42 Å². The van der Waals surface area contributed by atoms with Crippen LogP contribution in [-0.4, -0.2) is 43.2 Å². The normalized spacial score (nSPS) is 28.2. The van der Waals surface area contributed by atoms with Gasteiger partial charge in [-0.1, -0.05) is 33.0 Å². The maximum Gasteiger partial charge on any atom is 0.275 e. The van der Waals surface area contributed by atoms with Crippen LogP contribution in [0, 0.1) is 23.7 Å². The van der Waals surface area contributed by atoms with E-state index in [9.17, 15) is 9.90 Å². The highest BCUT2D eigenvalue weighted by Gasteiger charge is 2.42. The number of Topliss-reactive ketones (excluding diaryl/α,β-unsaturated/α-hetero) is 1. The maximum atomic E-state index is 12.6. The van der Waals surface area contributed by atoms with Gasteiger partial charge in [-0.2, -0.15) is 0 Å². The van der Waals surface area contributed by atoms with Crippen LogP contribution < -0.4 is 5.32 Å². The van der Waals surface area contributed by atoms with Crippen molar-refractivity contribution in [3.05, 3.63) is 0 Å². The predicted octanol–water partition coefficient (Wildman–Crippen LogP) is 2.55. The predicted molar refractivity (Wildman–Crippen MR) is 99.4 cm³/mol. The third kappa shape index (κ3) is 4.83. The van der Waals surface area contributed by atoms with Crippen molar-refractivity contribution >= 4 is 13.3 Å². The van der Waals surface area contributed by atoms with Crippen LogP contribution in [0.5, 0.6) is 0 Å². The molecule has 24 heavy (non-hydrogen) atoms. The second-order valence-electron chi connectivity index (χ2n) is 8.63. The van der Waals surface area contributed by atoms with Crippen molar-refractivity contribution < 1.29 is 14.6 Å². The van der Waals surface area contributed by atoms with Crippen LogP contribution in [0.25, 0.3) is 0 Å². The molecule has 1 heterocycles. The van der Waals surface area contributed by atoms with Crippen LogP contribution in [0.3, 0.4) is 0 Å². The van der Waals surface area contributed by atoms with Gasteiger partial charge in [0.2, 0.25) is 0 Å². The van der Waals surface area contributed by atoms with Crippen LogP contribution in [0.1, 0.15) is 59.8 Å². The van der Waals surface area contributed by atoms with Crippen LogP contribution in [0.2, 0.25) is 6.32 Å². The molecule has 0 aromatic carbocycles. The van der Waals surface area contributed by atoms with Crippen molar-refractivity contribution in [2.45, 2.75) is 77.8 Å². The fourth-order valence-corrected chi connectivity index (χ4v) is 3.70.